The van der Waals surface area contributed by atoms with Crippen LogP contribution in [0.1, 0.15) is 42.9 Å². The number of carbonyl (C=O) groups is 2. The largest absolute Gasteiger partial charge is 0.507 e. The zero-order valence-electron chi connectivity index (χ0n) is 23.4. The summed E-state index contributed by atoms with van der Waals surface area (Å²) < 4.78 is 6.13. The monoisotopic (exact) mass is 566 g/mol. The van der Waals surface area contributed by atoms with Crippen LogP contribution in [0.4, 0.5) is 0 Å². The second-order valence-corrected chi connectivity index (χ2v) is 12.1. The van der Waals surface area contributed by atoms with E-state index < -0.39 is 31.0 Å². The van der Waals surface area contributed by atoms with Gasteiger partial charge in [-0.3, -0.25) is 19.4 Å². The van der Waals surface area contributed by atoms with Crippen LogP contribution in [-0.2, 0) is 20.8 Å². The minimum atomic E-state index is -1.29. The minimum absolute atomic E-state index is 0.148. The van der Waals surface area contributed by atoms with Gasteiger partial charge in [0.05, 0.1) is 24.5 Å². The molecule has 1 aliphatic carbocycles. The Labute approximate surface area is 245 Å². The van der Waals surface area contributed by atoms with Crippen molar-refractivity contribution in [1.29, 1.82) is 0 Å². The fraction of sp³-hybridized carbons (Fsp3) is 0.394. The van der Waals surface area contributed by atoms with E-state index in [9.17, 15) is 24.8 Å². The van der Waals surface area contributed by atoms with Gasteiger partial charge in [0.2, 0.25) is 11.8 Å². The third-order valence-corrected chi connectivity index (χ3v) is 9.89. The van der Waals surface area contributed by atoms with E-state index in [1.807, 2.05) is 42.5 Å². The van der Waals surface area contributed by atoms with Gasteiger partial charge in [-0.15, -0.1) is 0 Å². The molecule has 3 aromatic carbocycles. The van der Waals surface area contributed by atoms with Gasteiger partial charge in [-0.25, -0.2) is 0 Å². The van der Waals surface area contributed by atoms with Crippen molar-refractivity contribution in [3.05, 3.63) is 88.9 Å². The molecule has 3 saturated heterocycles. The highest BCUT2D eigenvalue weighted by molar-refractivity contribution is 6.53. The van der Waals surface area contributed by atoms with Crippen molar-refractivity contribution in [3.8, 4) is 5.75 Å². The van der Waals surface area contributed by atoms with Crippen molar-refractivity contribution in [3.63, 3.8) is 0 Å². The molecule has 4 aliphatic rings. The molecule has 0 unspecified atom stereocenters. The maximum absolute atomic E-state index is 14.1. The molecule has 0 bridgehead atoms. The van der Waals surface area contributed by atoms with E-state index in [2.05, 4.69) is 17.0 Å². The highest BCUT2D eigenvalue weighted by atomic mass is 16.5. The average Bonchev–Trinajstić information content (AvgIpc) is 3.27. The molecule has 42 heavy (non-hydrogen) atoms. The molecular formula is C33H35BN2O6. The Morgan fingerprint density at radius 1 is 0.881 bits per heavy atom. The zero-order valence-corrected chi connectivity index (χ0v) is 23.4. The van der Waals surface area contributed by atoms with Crippen LogP contribution in [0, 0.1) is 17.8 Å². The number of nitrogens with zero attached hydrogens (tertiary/aromatic N) is 2. The first-order valence-electron chi connectivity index (χ1n) is 14.9. The van der Waals surface area contributed by atoms with Gasteiger partial charge in [0.1, 0.15) is 5.75 Å². The molecule has 3 N–H and O–H groups in total. The number of aliphatic hydroxyl groups excluding tert-OH is 1. The lowest BCUT2D eigenvalue weighted by Crippen LogP contribution is -2.48. The number of allylic oxidation sites excluding steroid dienone is 1. The van der Waals surface area contributed by atoms with Crippen LogP contribution in [-0.4, -0.2) is 69.7 Å². The summed E-state index contributed by atoms with van der Waals surface area (Å²) >= 11 is 0. The summed E-state index contributed by atoms with van der Waals surface area (Å²) in [4.78, 5) is 31.9. The molecule has 216 valence electrons. The number of carbonyl (C=O) groups excluding carboxylic acids is 2. The number of likely N-dealkylation sites (tertiary alicyclic amines) is 2. The van der Waals surface area contributed by atoms with Crippen molar-refractivity contribution in [2.45, 2.75) is 44.4 Å². The molecule has 3 aromatic rings. The smallest absolute Gasteiger partial charge is 0.487 e. The first-order valence-corrected chi connectivity index (χ1v) is 14.9. The number of phenolic OH excluding ortho intramolecular Hbond substituents is 1. The van der Waals surface area contributed by atoms with Crippen molar-refractivity contribution in [2.75, 3.05) is 19.7 Å². The van der Waals surface area contributed by atoms with E-state index >= 15 is 0 Å². The number of aliphatic hydroxyl groups is 1. The number of piperidine rings is 1. The molecule has 0 radical (unpaired) electrons. The number of imide groups is 1. The fourth-order valence-electron chi connectivity index (χ4n) is 7.91. The highest BCUT2D eigenvalue weighted by Gasteiger charge is 2.59. The average molecular weight is 566 g/mol. The molecule has 0 saturated carbocycles. The fourth-order valence-corrected chi connectivity index (χ4v) is 7.91. The molecule has 3 fully saturated rings. The van der Waals surface area contributed by atoms with E-state index in [1.165, 1.54) is 10.5 Å². The Bertz CT molecular complexity index is 1550. The van der Waals surface area contributed by atoms with Gasteiger partial charge < -0.3 is 19.9 Å². The number of amides is 2. The lowest BCUT2D eigenvalue weighted by atomic mass is 9.55. The molecule has 8 nitrogen and oxygen atoms in total. The van der Waals surface area contributed by atoms with Crippen molar-refractivity contribution >= 4 is 29.7 Å². The Morgan fingerprint density at radius 3 is 2.33 bits per heavy atom. The van der Waals surface area contributed by atoms with Crippen molar-refractivity contribution in [1.82, 2.24) is 9.80 Å². The molecule has 3 aliphatic heterocycles. The first kappa shape index (κ1) is 27.3. The van der Waals surface area contributed by atoms with Crippen LogP contribution in [0.3, 0.4) is 0 Å². The number of hydrogen-bond acceptors (Lipinski definition) is 7. The predicted molar refractivity (Wildman–Crippen MR) is 158 cm³/mol. The quantitative estimate of drug-likeness (QED) is 0.320. The molecule has 0 spiro atoms. The van der Waals surface area contributed by atoms with Crippen LogP contribution in [0.2, 0.25) is 0 Å². The van der Waals surface area contributed by atoms with E-state index in [0.29, 0.717) is 22.9 Å². The normalized spacial score (nSPS) is 27.1. The van der Waals surface area contributed by atoms with Gasteiger partial charge in [0, 0.05) is 31.1 Å². The number of benzene rings is 3. The lowest BCUT2D eigenvalue weighted by molar-refractivity contribution is -0.144. The second kappa shape index (κ2) is 11.0. The van der Waals surface area contributed by atoms with Gasteiger partial charge in [-0.05, 0) is 65.2 Å². The Kier molecular flexibility index (Phi) is 7.14. The summed E-state index contributed by atoms with van der Waals surface area (Å²) in [5, 5.41) is 33.4. The number of phenols is 1. The summed E-state index contributed by atoms with van der Waals surface area (Å²) in [6.07, 6.45) is 1.57. The van der Waals surface area contributed by atoms with Gasteiger partial charge in [-0.2, -0.15) is 0 Å². The van der Waals surface area contributed by atoms with Gasteiger partial charge in [0.15, 0.2) is 0 Å². The lowest BCUT2D eigenvalue weighted by Gasteiger charge is -2.42. The van der Waals surface area contributed by atoms with E-state index in [0.717, 1.165) is 43.4 Å². The zero-order chi connectivity index (χ0) is 29.0. The van der Waals surface area contributed by atoms with E-state index in [1.54, 1.807) is 12.1 Å². The number of hydrogen-bond donors (Lipinski definition) is 3. The van der Waals surface area contributed by atoms with Crippen LogP contribution in [0.25, 0.3) is 10.8 Å². The van der Waals surface area contributed by atoms with Gasteiger partial charge >= 0.3 is 7.12 Å². The van der Waals surface area contributed by atoms with Crippen molar-refractivity contribution < 1.29 is 29.5 Å². The maximum Gasteiger partial charge on any atom is 0.487 e. The summed E-state index contributed by atoms with van der Waals surface area (Å²) in [5.74, 6) is -1.70. The number of rotatable bonds is 5. The van der Waals surface area contributed by atoms with Crippen LogP contribution in [0.5, 0.6) is 5.75 Å². The van der Waals surface area contributed by atoms with E-state index in [-0.39, 0.29) is 36.6 Å². The van der Waals surface area contributed by atoms with Crippen LogP contribution < -0.4 is 0 Å². The van der Waals surface area contributed by atoms with Crippen LogP contribution in [0.15, 0.2) is 77.8 Å². The SMILES string of the molecule is O=C1[C@H]2[C@H](CC(CO)=C3B(O)O[C@H](c4ccc(O)c5ccccc45)C[C@H]32)C(=O)N1C1CCN(Cc2ccccc2)CC1. The first-order chi connectivity index (χ1) is 20.4. The molecule has 0 aromatic heterocycles. The molecular weight excluding hydrogens is 531 g/mol. The number of aromatic hydroxyl groups is 1. The summed E-state index contributed by atoms with van der Waals surface area (Å²) in [6.45, 7) is 2.18. The second-order valence-electron chi connectivity index (χ2n) is 12.1. The molecule has 2 amide bonds. The summed E-state index contributed by atoms with van der Waals surface area (Å²) in [6, 6.07) is 21.1. The molecule has 7 rings (SSSR count). The summed E-state index contributed by atoms with van der Waals surface area (Å²) in [7, 11) is -1.29. The Morgan fingerprint density at radius 2 is 1.60 bits per heavy atom. The topological polar surface area (TPSA) is 111 Å². The third-order valence-electron chi connectivity index (χ3n) is 9.89. The standard InChI is InChI=1S/C33H35BN2O6/c37-19-21-16-27-30(33(40)36(32(27)39)22-12-14-35(15-13-22)18-20-6-2-1-3-7-20)26-17-29(42-34(41)31(21)26)25-10-11-28(38)24-9-5-4-8-23(24)25/h1-11,22,26-27,29-30,37-38,41H,12-19H2/t26-,27-,29-,30+/m0/s1. The molecule has 3 heterocycles. The molecule has 4 atom stereocenters. The maximum atomic E-state index is 14.1. The van der Waals surface area contributed by atoms with Crippen LogP contribution >= 0.6 is 0 Å². The molecule has 9 heteroatoms. The number of fused-ring (bicyclic) bond motifs is 4. The minimum Gasteiger partial charge on any atom is -0.507 e. The Hall–Kier alpha value is -3.50. The predicted octanol–water partition coefficient (Wildman–Crippen LogP) is 3.60. The van der Waals surface area contributed by atoms with Crippen molar-refractivity contribution in [2.24, 2.45) is 17.8 Å². The van der Waals surface area contributed by atoms with Gasteiger partial charge in [0.25, 0.3) is 0 Å². The highest BCUT2D eigenvalue weighted by Crippen LogP contribution is 2.52. The Balaban J connectivity index is 1.15. The van der Waals surface area contributed by atoms with Gasteiger partial charge in [-0.1, -0.05) is 60.7 Å². The summed E-state index contributed by atoms with van der Waals surface area (Å²) in [5.41, 5.74) is 3.22. The van der Waals surface area contributed by atoms with E-state index in [4.69, 9.17) is 4.65 Å². The third kappa shape index (κ3) is 4.56.